The van der Waals surface area contributed by atoms with Crippen LogP contribution in [0.2, 0.25) is 6.04 Å². The zero-order valence-corrected chi connectivity index (χ0v) is 12.1. The van der Waals surface area contributed by atoms with Gasteiger partial charge in [0, 0.05) is 18.3 Å². The van der Waals surface area contributed by atoms with Crippen molar-refractivity contribution < 1.29 is 0 Å². The molecule has 0 radical (unpaired) electrons. The molecule has 0 bridgehead atoms. The Morgan fingerprint density at radius 1 is 1.36 bits per heavy atom. The molecule has 3 heteroatoms. The zero-order valence-electron chi connectivity index (χ0n) is 6.40. The summed E-state index contributed by atoms with van der Waals surface area (Å²) in [7, 11) is 1.30. The molecule has 0 atom stereocenters. The first-order chi connectivity index (χ1) is 5.22. The van der Waals surface area contributed by atoms with Crippen LogP contribution in [0.4, 0.5) is 0 Å². The van der Waals surface area contributed by atoms with Crippen LogP contribution in [0.25, 0.3) is 0 Å². The van der Waals surface area contributed by atoms with Gasteiger partial charge in [-0.05, 0) is 52.8 Å². The number of aryl methyl sites for hydroxylation is 1. The summed E-state index contributed by atoms with van der Waals surface area (Å²) in [6.45, 7) is 0. The van der Waals surface area contributed by atoms with E-state index in [4.69, 9.17) is 0 Å². The van der Waals surface area contributed by atoms with E-state index in [9.17, 15) is 0 Å². The lowest BCUT2D eigenvalue weighted by Crippen LogP contribution is -1.85. The zero-order chi connectivity index (χ0) is 8.27. The lowest BCUT2D eigenvalue weighted by atomic mass is 10.2. The summed E-state index contributed by atoms with van der Waals surface area (Å²) in [5.41, 5.74) is 1.46. The molecule has 0 aliphatic heterocycles. The molecule has 0 nitrogen and oxygen atoms in total. The van der Waals surface area contributed by atoms with Crippen LogP contribution in [0.5, 0.6) is 0 Å². The van der Waals surface area contributed by atoms with Crippen LogP contribution in [0.1, 0.15) is 5.56 Å². The fraction of sp³-hybridized carbons (Fsp3) is 0.250. The van der Waals surface area contributed by atoms with Gasteiger partial charge in [-0.3, -0.25) is 0 Å². The number of hydrogen-bond acceptors (Lipinski definition) is 0. The number of halogens is 2. The Morgan fingerprint density at radius 2 is 2.09 bits per heavy atom. The summed E-state index contributed by atoms with van der Waals surface area (Å²) >= 11 is 5.84. The summed E-state index contributed by atoms with van der Waals surface area (Å²) in [6.07, 6.45) is 1.24. The van der Waals surface area contributed by atoms with Crippen LogP contribution in [-0.2, 0) is 6.42 Å². The van der Waals surface area contributed by atoms with Crippen LogP contribution >= 0.6 is 38.5 Å². The third kappa shape index (κ3) is 3.25. The van der Waals surface area contributed by atoms with Crippen LogP contribution in [0.3, 0.4) is 0 Å². The largest absolute Gasteiger partial charge is 0.0619 e. The maximum atomic E-state index is 3.49. The Morgan fingerprint density at radius 3 is 2.64 bits per heavy atom. The molecule has 0 aliphatic rings. The lowest BCUT2D eigenvalue weighted by Gasteiger charge is -2.00. The molecule has 60 valence electrons. The molecule has 0 spiro atoms. The van der Waals surface area contributed by atoms with E-state index in [1.807, 2.05) is 0 Å². The molecule has 1 aromatic carbocycles. The van der Waals surface area contributed by atoms with Crippen molar-refractivity contribution in [1.82, 2.24) is 0 Å². The quantitative estimate of drug-likeness (QED) is 0.573. The summed E-state index contributed by atoms with van der Waals surface area (Å²) in [5.74, 6) is 0. The van der Waals surface area contributed by atoms with E-state index in [1.165, 1.54) is 36.3 Å². The minimum Gasteiger partial charge on any atom is -0.0619 e. The van der Waals surface area contributed by atoms with Crippen LogP contribution in [0, 0.1) is 3.57 Å². The minimum absolute atomic E-state index is 1.20. The second-order valence-electron chi connectivity index (χ2n) is 2.53. The second kappa shape index (κ2) is 4.62. The van der Waals surface area contributed by atoms with Gasteiger partial charge in [0.2, 0.25) is 0 Å². The van der Waals surface area contributed by atoms with Crippen molar-refractivity contribution in [2.24, 2.45) is 0 Å². The van der Waals surface area contributed by atoms with E-state index < -0.39 is 0 Å². The summed E-state index contributed by atoms with van der Waals surface area (Å²) in [4.78, 5) is 0. The molecule has 0 aliphatic carbocycles. The highest BCUT2D eigenvalue weighted by molar-refractivity contribution is 14.1. The fourth-order valence-electron chi connectivity index (χ4n) is 1.04. The van der Waals surface area contributed by atoms with Gasteiger partial charge in [0.05, 0.1) is 0 Å². The molecule has 0 heterocycles. The third-order valence-electron chi connectivity index (χ3n) is 1.46. The molecule has 0 unspecified atom stereocenters. The van der Waals surface area contributed by atoms with E-state index >= 15 is 0 Å². The fourth-order valence-corrected chi connectivity index (χ4v) is 3.33. The van der Waals surface area contributed by atoms with E-state index in [0.29, 0.717) is 0 Å². The maximum absolute atomic E-state index is 3.49. The minimum atomic E-state index is 1.20. The average molecular weight is 341 g/mol. The Bertz CT molecular complexity index is 230. The monoisotopic (exact) mass is 340 g/mol. The van der Waals surface area contributed by atoms with Gasteiger partial charge in [-0.2, -0.15) is 0 Å². The average Bonchev–Trinajstić information content (AvgIpc) is 1.85. The Kier molecular flexibility index (Phi) is 4.09. The summed E-state index contributed by atoms with van der Waals surface area (Å²) in [5, 5.41) is 0. The first-order valence-electron chi connectivity index (χ1n) is 3.67. The molecule has 0 saturated carbocycles. The van der Waals surface area contributed by atoms with Crippen LogP contribution < -0.4 is 0 Å². The number of benzene rings is 1. The predicted octanol–water partition coefficient (Wildman–Crippen LogP) is 2.38. The standard InChI is InChI=1S/C8H10BrISi/c9-7-3-6(1-2-11)4-8(10)5-7/h3-5H,1-2H2,11H3. The van der Waals surface area contributed by atoms with Crippen molar-refractivity contribution in [3.05, 3.63) is 31.8 Å². The third-order valence-corrected chi connectivity index (χ3v) is 3.04. The van der Waals surface area contributed by atoms with E-state index in [0.717, 1.165) is 0 Å². The first kappa shape index (κ1) is 9.73. The van der Waals surface area contributed by atoms with Gasteiger partial charge >= 0.3 is 0 Å². The predicted molar refractivity (Wildman–Crippen MR) is 65.3 cm³/mol. The summed E-state index contributed by atoms with van der Waals surface area (Å²) in [6, 6.07) is 7.95. The Balaban J connectivity index is 2.89. The second-order valence-corrected chi connectivity index (χ2v) is 5.69. The highest BCUT2D eigenvalue weighted by atomic mass is 127. The molecular formula is C8H10BrISi. The van der Waals surface area contributed by atoms with Gasteiger partial charge in [0.15, 0.2) is 0 Å². The lowest BCUT2D eigenvalue weighted by molar-refractivity contribution is 1.13. The Labute approximate surface area is 92.5 Å². The molecule has 0 N–H and O–H groups in total. The number of hydrogen-bond donors (Lipinski definition) is 0. The summed E-state index contributed by atoms with van der Waals surface area (Å²) < 4.78 is 2.52. The Hall–Kier alpha value is 0.647. The van der Waals surface area contributed by atoms with Gasteiger partial charge in [0.25, 0.3) is 0 Å². The van der Waals surface area contributed by atoms with Crippen LogP contribution in [-0.4, -0.2) is 10.2 Å². The first-order valence-corrected chi connectivity index (χ1v) is 6.96. The molecule has 0 fully saturated rings. The van der Waals surface area contributed by atoms with E-state index in [1.54, 1.807) is 0 Å². The van der Waals surface area contributed by atoms with Crippen molar-refractivity contribution in [1.29, 1.82) is 0 Å². The maximum Gasteiger partial charge on any atom is 0.0188 e. The topological polar surface area (TPSA) is 0 Å². The molecule has 1 rings (SSSR count). The van der Waals surface area contributed by atoms with Crippen molar-refractivity contribution in [2.75, 3.05) is 0 Å². The van der Waals surface area contributed by atoms with Crippen LogP contribution in [0.15, 0.2) is 22.7 Å². The molecule has 11 heavy (non-hydrogen) atoms. The van der Waals surface area contributed by atoms with Gasteiger partial charge < -0.3 is 0 Å². The molecular weight excluding hydrogens is 331 g/mol. The van der Waals surface area contributed by atoms with Gasteiger partial charge in [0.1, 0.15) is 0 Å². The van der Waals surface area contributed by atoms with E-state index in [-0.39, 0.29) is 0 Å². The molecule has 0 saturated heterocycles. The molecule has 0 amide bonds. The van der Waals surface area contributed by atoms with Crippen molar-refractivity contribution >= 4 is 48.8 Å². The number of rotatable bonds is 2. The SMILES string of the molecule is [SiH3]CCc1cc(Br)cc(I)c1. The highest BCUT2D eigenvalue weighted by Gasteiger charge is 1.95. The molecule has 1 aromatic rings. The normalized spacial score (nSPS) is 10.4. The van der Waals surface area contributed by atoms with Gasteiger partial charge in [-0.15, -0.1) is 0 Å². The van der Waals surface area contributed by atoms with Gasteiger partial charge in [-0.1, -0.05) is 22.0 Å². The molecule has 0 aromatic heterocycles. The van der Waals surface area contributed by atoms with Crippen molar-refractivity contribution in [3.63, 3.8) is 0 Å². The van der Waals surface area contributed by atoms with Crippen molar-refractivity contribution in [2.45, 2.75) is 12.5 Å². The van der Waals surface area contributed by atoms with Crippen molar-refractivity contribution in [3.8, 4) is 0 Å². The smallest absolute Gasteiger partial charge is 0.0188 e. The van der Waals surface area contributed by atoms with Gasteiger partial charge in [-0.25, -0.2) is 0 Å². The van der Waals surface area contributed by atoms with E-state index in [2.05, 4.69) is 56.7 Å². The highest BCUT2D eigenvalue weighted by Crippen LogP contribution is 2.17.